The Labute approximate surface area is 272 Å². The second-order valence-corrected chi connectivity index (χ2v) is 14.4. The van der Waals surface area contributed by atoms with Crippen LogP contribution >= 0.6 is 7.52 Å². The van der Waals surface area contributed by atoms with Crippen molar-refractivity contribution in [3.63, 3.8) is 0 Å². The number of nitrogens with one attached hydrogen (secondary N) is 2. The first-order valence-corrected chi connectivity index (χ1v) is 17.9. The summed E-state index contributed by atoms with van der Waals surface area (Å²) in [5.41, 5.74) is 2.52. The highest BCUT2D eigenvalue weighted by Crippen LogP contribution is 2.44. The molecular formula is C35H49N2O8P. The van der Waals surface area contributed by atoms with Gasteiger partial charge in [0.25, 0.3) is 0 Å². The number of rotatable bonds is 18. The van der Waals surface area contributed by atoms with Gasteiger partial charge in [0, 0.05) is 12.8 Å². The van der Waals surface area contributed by atoms with Gasteiger partial charge in [-0.25, -0.2) is 9.88 Å². The number of hydrogen-bond acceptors (Lipinski definition) is 8. The van der Waals surface area contributed by atoms with Gasteiger partial charge in [-0.3, -0.25) is 14.2 Å². The fourth-order valence-corrected chi connectivity index (χ4v) is 6.97. The highest BCUT2D eigenvalue weighted by Gasteiger charge is 2.31. The number of allylic oxidation sites excluding steroid dienone is 1. The quantitative estimate of drug-likeness (QED) is 0.105. The van der Waals surface area contributed by atoms with Crippen LogP contribution in [0.15, 0.2) is 66.2 Å². The molecule has 252 valence electrons. The number of aryl methyl sites for hydroxylation is 1. The van der Waals surface area contributed by atoms with E-state index in [4.69, 9.17) is 14.0 Å². The second-order valence-electron chi connectivity index (χ2n) is 12.1. The Kier molecular flexibility index (Phi) is 15.0. The summed E-state index contributed by atoms with van der Waals surface area (Å²) < 4.78 is 30.9. The molecule has 1 saturated carbocycles. The third kappa shape index (κ3) is 13.1. The first-order chi connectivity index (χ1) is 22.0. The van der Waals surface area contributed by atoms with Crippen LogP contribution in [0.4, 0.5) is 0 Å². The summed E-state index contributed by atoms with van der Waals surface area (Å²) in [7, 11) is -3.60. The predicted octanol–water partition coefficient (Wildman–Crippen LogP) is 5.66. The monoisotopic (exact) mass is 656 g/mol. The van der Waals surface area contributed by atoms with E-state index in [1.165, 1.54) is 0 Å². The van der Waals surface area contributed by atoms with E-state index in [0.717, 1.165) is 42.4 Å². The molecule has 2 aromatic carbocycles. The lowest BCUT2D eigenvalue weighted by Crippen LogP contribution is -2.44. The lowest BCUT2D eigenvalue weighted by Gasteiger charge is -2.24. The largest absolute Gasteiger partial charge is 0.462 e. The average Bonchev–Trinajstić information content (AvgIpc) is 3.53. The van der Waals surface area contributed by atoms with E-state index in [-0.39, 0.29) is 43.7 Å². The number of aliphatic hydroxyl groups excluding tert-OH is 1. The van der Waals surface area contributed by atoms with Crippen LogP contribution in [-0.2, 0) is 41.3 Å². The SMILES string of the molecule is C/C(=C\CCP(=O)(N[C@@H](C)C(=O)OC(C)C)Oc1ccc(C[C@H](NC(=O)CCc2ccccc2)C(=O)OC2CCCC2)cc1)CO. The molecule has 1 fully saturated rings. The molecule has 2 aromatic rings. The zero-order valence-corrected chi connectivity index (χ0v) is 28.3. The number of carbonyl (C=O) groups excluding carboxylic acids is 3. The van der Waals surface area contributed by atoms with Gasteiger partial charge in [0.1, 0.15) is 23.9 Å². The van der Waals surface area contributed by atoms with Crippen molar-refractivity contribution in [2.45, 2.75) is 103 Å². The van der Waals surface area contributed by atoms with Gasteiger partial charge >= 0.3 is 19.5 Å². The van der Waals surface area contributed by atoms with Crippen molar-refractivity contribution in [2.75, 3.05) is 12.8 Å². The Morgan fingerprint density at radius 3 is 2.28 bits per heavy atom. The fraction of sp³-hybridized carbons (Fsp3) is 0.514. The van der Waals surface area contributed by atoms with E-state index >= 15 is 0 Å². The molecule has 3 rings (SSSR count). The van der Waals surface area contributed by atoms with Crippen LogP contribution in [0.5, 0.6) is 5.75 Å². The third-order valence-corrected chi connectivity index (χ3v) is 9.70. The predicted molar refractivity (Wildman–Crippen MR) is 178 cm³/mol. The van der Waals surface area contributed by atoms with Crippen LogP contribution in [0.25, 0.3) is 0 Å². The van der Waals surface area contributed by atoms with Crippen molar-refractivity contribution in [3.05, 3.63) is 77.4 Å². The van der Waals surface area contributed by atoms with Crippen molar-refractivity contribution in [1.82, 2.24) is 10.4 Å². The molecule has 0 saturated heterocycles. The minimum atomic E-state index is -3.60. The van der Waals surface area contributed by atoms with Crippen LogP contribution in [0.1, 0.15) is 77.3 Å². The molecule has 10 nitrogen and oxygen atoms in total. The first kappa shape index (κ1) is 37.0. The van der Waals surface area contributed by atoms with E-state index in [1.54, 1.807) is 58.0 Å². The number of aliphatic hydroxyl groups is 1. The maximum atomic E-state index is 13.9. The molecule has 0 aromatic heterocycles. The van der Waals surface area contributed by atoms with Gasteiger partial charge < -0.3 is 24.4 Å². The normalized spacial score (nSPS) is 16.3. The van der Waals surface area contributed by atoms with Gasteiger partial charge in [0.15, 0.2) is 0 Å². The third-order valence-electron chi connectivity index (χ3n) is 7.57. The van der Waals surface area contributed by atoms with Crippen molar-refractivity contribution < 1.29 is 38.1 Å². The minimum Gasteiger partial charge on any atom is -0.462 e. The fourth-order valence-electron chi connectivity index (χ4n) is 5.07. The molecule has 1 aliphatic carbocycles. The lowest BCUT2D eigenvalue weighted by atomic mass is 10.0. The summed E-state index contributed by atoms with van der Waals surface area (Å²) in [6, 6.07) is 14.7. The molecule has 0 aliphatic heterocycles. The summed E-state index contributed by atoms with van der Waals surface area (Å²) >= 11 is 0. The molecule has 0 bridgehead atoms. The number of hydrogen-bond donors (Lipinski definition) is 3. The standard InChI is InChI=1S/C35H49N2O8P/c1-25(2)43-34(40)27(4)37-46(42,22-10-11-26(3)24-38)45-31-19-16-29(17-20-31)23-32(35(41)44-30-14-8-9-15-30)36-33(39)21-18-28-12-6-5-7-13-28/h5-7,11-13,16-17,19-20,25,27,30,32,38H,8-10,14-15,18,21-24H2,1-4H3,(H,36,39)(H,37,42)/b26-11+/t27-,32-,46?/m0/s1. The summed E-state index contributed by atoms with van der Waals surface area (Å²) in [6.07, 6.45) is 6.43. The summed E-state index contributed by atoms with van der Waals surface area (Å²) in [6.45, 7) is 6.69. The van der Waals surface area contributed by atoms with Crippen LogP contribution < -0.4 is 14.9 Å². The van der Waals surface area contributed by atoms with Gasteiger partial charge in [-0.05, 0) is 89.5 Å². The van der Waals surface area contributed by atoms with E-state index in [9.17, 15) is 24.1 Å². The number of benzene rings is 2. The van der Waals surface area contributed by atoms with Crippen molar-refractivity contribution in [2.24, 2.45) is 0 Å². The molecular weight excluding hydrogens is 607 g/mol. The molecule has 46 heavy (non-hydrogen) atoms. The Bertz CT molecular complexity index is 1340. The zero-order chi connectivity index (χ0) is 33.5. The molecule has 1 unspecified atom stereocenters. The van der Waals surface area contributed by atoms with Gasteiger partial charge in [-0.2, -0.15) is 0 Å². The summed E-state index contributed by atoms with van der Waals surface area (Å²) in [5, 5.41) is 15.0. The number of carbonyl (C=O) groups is 3. The zero-order valence-electron chi connectivity index (χ0n) is 27.4. The first-order valence-electron chi connectivity index (χ1n) is 16.1. The number of ether oxygens (including phenoxy) is 2. The van der Waals surface area contributed by atoms with Gasteiger partial charge in [0.2, 0.25) is 5.91 Å². The van der Waals surface area contributed by atoms with Crippen LogP contribution in [0, 0.1) is 0 Å². The van der Waals surface area contributed by atoms with Gasteiger partial charge in [-0.15, -0.1) is 0 Å². The topological polar surface area (TPSA) is 140 Å². The van der Waals surface area contributed by atoms with Crippen LogP contribution in [0.2, 0.25) is 0 Å². The van der Waals surface area contributed by atoms with Gasteiger partial charge in [-0.1, -0.05) is 54.1 Å². The highest BCUT2D eigenvalue weighted by molar-refractivity contribution is 7.57. The summed E-state index contributed by atoms with van der Waals surface area (Å²) in [5.74, 6) is -0.927. The molecule has 3 N–H and O–H groups in total. The number of esters is 2. The van der Waals surface area contributed by atoms with Crippen molar-refractivity contribution >= 4 is 25.4 Å². The lowest BCUT2D eigenvalue weighted by molar-refractivity contribution is -0.152. The number of amides is 1. The Hall–Kier alpha value is -3.46. The Balaban J connectivity index is 1.70. The molecule has 1 aliphatic rings. The summed E-state index contributed by atoms with van der Waals surface area (Å²) in [4.78, 5) is 38.5. The Morgan fingerprint density at radius 1 is 0.978 bits per heavy atom. The van der Waals surface area contributed by atoms with Gasteiger partial charge in [0.05, 0.1) is 18.9 Å². The maximum absolute atomic E-state index is 13.9. The molecule has 0 radical (unpaired) electrons. The molecule has 0 spiro atoms. The molecule has 3 atom stereocenters. The molecule has 11 heteroatoms. The van der Waals surface area contributed by atoms with Crippen LogP contribution in [0.3, 0.4) is 0 Å². The van der Waals surface area contributed by atoms with E-state index < -0.39 is 31.5 Å². The van der Waals surface area contributed by atoms with Crippen molar-refractivity contribution in [3.8, 4) is 5.75 Å². The average molecular weight is 657 g/mol. The van der Waals surface area contributed by atoms with Crippen LogP contribution in [-0.4, -0.2) is 60.0 Å². The second kappa shape index (κ2) is 18.6. The maximum Gasteiger partial charge on any atom is 0.329 e. The van der Waals surface area contributed by atoms with E-state index in [1.807, 2.05) is 30.3 Å². The van der Waals surface area contributed by atoms with Crippen molar-refractivity contribution in [1.29, 1.82) is 0 Å². The Morgan fingerprint density at radius 2 is 1.65 bits per heavy atom. The smallest absolute Gasteiger partial charge is 0.329 e. The molecule has 0 heterocycles. The van der Waals surface area contributed by atoms with E-state index in [2.05, 4.69) is 10.4 Å². The van der Waals surface area contributed by atoms with E-state index in [0.29, 0.717) is 18.6 Å². The highest BCUT2D eigenvalue weighted by atomic mass is 31.2. The minimum absolute atomic E-state index is 0.0789. The molecule has 1 amide bonds.